The molecule has 1 saturated heterocycles. The lowest BCUT2D eigenvalue weighted by molar-refractivity contribution is -0.125. The molecule has 1 atom stereocenters. The van der Waals surface area contributed by atoms with Crippen LogP contribution >= 0.6 is 23.2 Å². The molecular weight excluding hydrogens is 501 g/mol. The van der Waals surface area contributed by atoms with Gasteiger partial charge in [0, 0.05) is 40.3 Å². The molecule has 3 aromatic rings. The van der Waals surface area contributed by atoms with Gasteiger partial charge in [0.2, 0.25) is 11.8 Å². The van der Waals surface area contributed by atoms with Crippen molar-refractivity contribution in [1.82, 2.24) is 5.43 Å². The summed E-state index contributed by atoms with van der Waals surface area (Å²) in [6.45, 7) is 4.60. The Labute approximate surface area is 220 Å². The Bertz CT molecular complexity index is 1300. The Morgan fingerprint density at radius 3 is 2.56 bits per heavy atom. The van der Waals surface area contributed by atoms with Crippen LogP contribution in [0.25, 0.3) is 0 Å². The van der Waals surface area contributed by atoms with Crippen LogP contribution in [0, 0.1) is 19.8 Å². The number of hydrogen-bond donors (Lipinski definition) is 2. The van der Waals surface area contributed by atoms with E-state index >= 15 is 0 Å². The number of halogens is 2. The molecule has 9 heteroatoms. The second-order valence-corrected chi connectivity index (χ2v) is 9.52. The molecule has 0 aliphatic carbocycles. The molecule has 0 saturated carbocycles. The van der Waals surface area contributed by atoms with Crippen molar-refractivity contribution in [2.75, 3.05) is 24.0 Å². The van der Waals surface area contributed by atoms with Crippen molar-refractivity contribution in [2.45, 2.75) is 26.9 Å². The lowest BCUT2D eigenvalue weighted by atomic mass is 10.1. The van der Waals surface area contributed by atoms with E-state index in [2.05, 4.69) is 10.9 Å². The largest absolute Gasteiger partial charge is 0.493 e. The van der Waals surface area contributed by atoms with E-state index in [4.69, 9.17) is 32.7 Å². The molecule has 188 valence electrons. The van der Waals surface area contributed by atoms with Crippen molar-refractivity contribution in [3.05, 3.63) is 81.3 Å². The van der Waals surface area contributed by atoms with Gasteiger partial charge in [-0.3, -0.25) is 20.4 Å². The van der Waals surface area contributed by atoms with Crippen LogP contribution in [-0.4, -0.2) is 25.5 Å². The monoisotopic (exact) mass is 527 g/mol. The van der Waals surface area contributed by atoms with Crippen molar-refractivity contribution in [1.29, 1.82) is 0 Å². The molecule has 1 aliphatic rings. The Morgan fingerprint density at radius 1 is 1.03 bits per heavy atom. The number of benzene rings is 3. The number of carbonyl (C=O) groups is 2. The van der Waals surface area contributed by atoms with Gasteiger partial charge in [0.1, 0.15) is 6.61 Å². The molecular formula is C27H27Cl2N3O4. The SMILES string of the molecule is COc1cc(NNC(=O)[C@@H]2CC(=O)N(c3ccc(C)c(C)c3)C2)ccc1OCc1ccc(Cl)cc1Cl. The summed E-state index contributed by atoms with van der Waals surface area (Å²) < 4.78 is 11.3. The second-order valence-electron chi connectivity index (χ2n) is 8.68. The molecule has 36 heavy (non-hydrogen) atoms. The molecule has 3 aromatic carbocycles. The topological polar surface area (TPSA) is 79.9 Å². The number of carbonyl (C=O) groups excluding carboxylic acids is 2. The predicted molar refractivity (Wildman–Crippen MR) is 142 cm³/mol. The molecule has 0 bridgehead atoms. The summed E-state index contributed by atoms with van der Waals surface area (Å²) in [7, 11) is 1.53. The number of nitrogens with one attached hydrogen (secondary N) is 2. The van der Waals surface area contributed by atoms with E-state index in [1.807, 2.05) is 32.0 Å². The van der Waals surface area contributed by atoms with Gasteiger partial charge in [0.05, 0.1) is 18.7 Å². The van der Waals surface area contributed by atoms with Crippen molar-refractivity contribution in [3.8, 4) is 11.5 Å². The Balaban J connectivity index is 1.35. The van der Waals surface area contributed by atoms with Crippen molar-refractivity contribution < 1.29 is 19.1 Å². The molecule has 2 amide bonds. The van der Waals surface area contributed by atoms with Crippen LogP contribution in [0.1, 0.15) is 23.1 Å². The Kier molecular flexibility index (Phi) is 7.91. The number of methoxy groups -OCH3 is 1. The summed E-state index contributed by atoms with van der Waals surface area (Å²) in [6, 6.07) is 16.3. The van der Waals surface area contributed by atoms with Gasteiger partial charge in [-0.2, -0.15) is 0 Å². The third kappa shape index (κ3) is 5.86. The molecule has 0 spiro atoms. The number of amides is 2. The number of hydrogen-bond acceptors (Lipinski definition) is 5. The van der Waals surface area contributed by atoms with Gasteiger partial charge in [-0.25, -0.2) is 0 Å². The molecule has 1 fully saturated rings. The average Bonchev–Trinajstić information content (AvgIpc) is 3.25. The van der Waals surface area contributed by atoms with E-state index in [9.17, 15) is 9.59 Å². The maximum Gasteiger partial charge on any atom is 0.243 e. The van der Waals surface area contributed by atoms with Gasteiger partial charge in [-0.05, 0) is 61.4 Å². The van der Waals surface area contributed by atoms with E-state index in [0.29, 0.717) is 33.8 Å². The second kappa shape index (κ2) is 11.1. The Hall–Kier alpha value is -3.42. The van der Waals surface area contributed by atoms with Crippen LogP contribution < -0.4 is 25.2 Å². The lowest BCUT2D eigenvalue weighted by Gasteiger charge is -2.18. The first-order chi connectivity index (χ1) is 17.2. The van der Waals surface area contributed by atoms with Gasteiger partial charge >= 0.3 is 0 Å². The third-order valence-electron chi connectivity index (χ3n) is 6.19. The van der Waals surface area contributed by atoms with Gasteiger partial charge < -0.3 is 14.4 Å². The first-order valence-electron chi connectivity index (χ1n) is 11.4. The predicted octanol–water partition coefficient (Wildman–Crippen LogP) is 5.69. The fourth-order valence-electron chi connectivity index (χ4n) is 3.92. The van der Waals surface area contributed by atoms with Crippen LogP contribution in [0.15, 0.2) is 54.6 Å². The van der Waals surface area contributed by atoms with Crippen LogP contribution in [0.2, 0.25) is 10.0 Å². The zero-order valence-corrected chi connectivity index (χ0v) is 21.7. The number of hydrazine groups is 1. The van der Waals surface area contributed by atoms with Crippen molar-refractivity contribution in [2.24, 2.45) is 5.92 Å². The first kappa shape index (κ1) is 25.7. The van der Waals surface area contributed by atoms with Crippen LogP contribution in [0.3, 0.4) is 0 Å². The van der Waals surface area contributed by atoms with E-state index in [1.165, 1.54) is 7.11 Å². The number of anilines is 2. The van der Waals surface area contributed by atoms with E-state index in [-0.39, 0.29) is 24.8 Å². The molecule has 1 heterocycles. The minimum Gasteiger partial charge on any atom is -0.493 e. The highest BCUT2D eigenvalue weighted by Gasteiger charge is 2.35. The number of rotatable bonds is 8. The van der Waals surface area contributed by atoms with Gasteiger partial charge in [-0.15, -0.1) is 0 Å². The smallest absolute Gasteiger partial charge is 0.243 e. The normalized spacial score (nSPS) is 15.1. The lowest BCUT2D eigenvalue weighted by Crippen LogP contribution is -2.36. The quantitative estimate of drug-likeness (QED) is 0.367. The molecule has 0 radical (unpaired) electrons. The Morgan fingerprint density at radius 2 is 1.83 bits per heavy atom. The molecule has 2 N–H and O–H groups in total. The minimum absolute atomic E-state index is 0.0673. The van der Waals surface area contributed by atoms with Gasteiger partial charge in [0.15, 0.2) is 11.5 Å². The standard InChI is InChI=1S/C27H27Cl2N3O4/c1-16-4-8-22(10-17(16)2)32-14-19(11-26(32)33)27(34)31-30-21-7-9-24(25(13-21)35-3)36-15-18-5-6-20(28)12-23(18)29/h4-10,12-13,19,30H,11,14-15H2,1-3H3,(H,31,34)/t19-/m1/s1. The minimum atomic E-state index is -0.458. The van der Waals surface area contributed by atoms with Gasteiger partial charge in [0.25, 0.3) is 0 Å². The molecule has 1 aliphatic heterocycles. The summed E-state index contributed by atoms with van der Waals surface area (Å²) >= 11 is 12.2. The highest BCUT2D eigenvalue weighted by Crippen LogP contribution is 2.32. The third-order valence-corrected chi connectivity index (χ3v) is 6.78. The summed E-state index contributed by atoms with van der Waals surface area (Å²) in [4.78, 5) is 27.0. The number of nitrogens with zero attached hydrogens (tertiary/aromatic N) is 1. The fraction of sp³-hybridized carbons (Fsp3) is 0.259. The maximum atomic E-state index is 12.8. The number of ether oxygens (including phenoxy) is 2. The number of aryl methyl sites for hydroxylation is 2. The zero-order valence-electron chi connectivity index (χ0n) is 20.2. The highest BCUT2D eigenvalue weighted by molar-refractivity contribution is 6.35. The summed E-state index contributed by atoms with van der Waals surface area (Å²) in [5.74, 6) is 0.219. The average molecular weight is 528 g/mol. The first-order valence-corrected chi connectivity index (χ1v) is 12.2. The summed E-state index contributed by atoms with van der Waals surface area (Å²) in [5, 5.41) is 1.07. The highest BCUT2D eigenvalue weighted by atomic mass is 35.5. The van der Waals surface area contributed by atoms with Crippen LogP contribution in [0.4, 0.5) is 11.4 Å². The van der Waals surface area contributed by atoms with Crippen molar-refractivity contribution in [3.63, 3.8) is 0 Å². The molecule has 0 unspecified atom stereocenters. The molecule has 4 rings (SSSR count). The maximum absolute atomic E-state index is 12.8. The fourth-order valence-corrected chi connectivity index (χ4v) is 4.38. The molecule has 0 aromatic heterocycles. The zero-order chi connectivity index (χ0) is 25.8. The van der Waals surface area contributed by atoms with E-state index < -0.39 is 5.92 Å². The van der Waals surface area contributed by atoms with Crippen molar-refractivity contribution >= 4 is 46.4 Å². The summed E-state index contributed by atoms with van der Waals surface area (Å²) in [6.07, 6.45) is 0.157. The molecule has 7 nitrogen and oxygen atoms in total. The van der Waals surface area contributed by atoms with Crippen LogP contribution in [-0.2, 0) is 16.2 Å². The summed E-state index contributed by atoms with van der Waals surface area (Å²) in [5.41, 5.74) is 10.1. The van der Waals surface area contributed by atoms with E-state index in [1.54, 1.807) is 41.3 Å². The van der Waals surface area contributed by atoms with E-state index in [0.717, 1.165) is 22.4 Å². The van der Waals surface area contributed by atoms with Gasteiger partial charge in [-0.1, -0.05) is 35.3 Å². The van der Waals surface area contributed by atoms with Crippen LogP contribution in [0.5, 0.6) is 11.5 Å².